The van der Waals surface area contributed by atoms with Crippen LogP contribution in [0.1, 0.15) is 15.9 Å². The standard InChI is InChI=1S/C14H9ClFNO4/c15-11-2-3-12(16)10(6-11)8-21-14-5-9(7-18)1-4-13(14)17(19)20/h1-7H,8H2. The van der Waals surface area contributed by atoms with Crippen molar-refractivity contribution in [3.63, 3.8) is 0 Å². The van der Waals surface area contributed by atoms with Crippen LogP contribution in [0.4, 0.5) is 10.1 Å². The summed E-state index contributed by atoms with van der Waals surface area (Å²) in [6.07, 6.45) is 0.538. The fourth-order valence-electron chi connectivity index (χ4n) is 1.68. The number of aldehydes is 1. The van der Waals surface area contributed by atoms with Crippen molar-refractivity contribution >= 4 is 23.6 Å². The number of nitrogens with zero attached hydrogens (tertiary/aromatic N) is 1. The number of nitro groups is 1. The maximum Gasteiger partial charge on any atom is 0.310 e. The largest absolute Gasteiger partial charge is 0.482 e. The number of hydrogen-bond acceptors (Lipinski definition) is 4. The molecule has 2 rings (SSSR count). The summed E-state index contributed by atoms with van der Waals surface area (Å²) in [6.45, 7) is -0.241. The molecule has 2 aromatic carbocycles. The van der Waals surface area contributed by atoms with Crippen LogP contribution in [-0.2, 0) is 6.61 Å². The number of rotatable bonds is 5. The van der Waals surface area contributed by atoms with Crippen LogP contribution in [0.25, 0.3) is 0 Å². The zero-order chi connectivity index (χ0) is 15.4. The van der Waals surface area contributed by atoms with Gasteiger partial charge >= 0.3 is 5.69 Å². The maximum absolute atomic E-state index is 13.5. The number of hydrogen-bond donors (Lipinski definition) is 0. The number of halogens is 2. The summed E-state index contributed by atoms with van der Waals surface area (Å²) < 4.78 is 18.8. The minimum atomic E-state index is -0.641. The second-order valence-corrected chi connectivity index (χ2v) is 4.56. The third kappa shape index (κ3) is 3.55. The summed E-state index contributed by atoms with van der Waals surface area (Å²) in [6, 6.07) is 7.62. The number of nitro benzene ring substituents is 1. The lowest BCUT2D eigenvalue weighted by molar-refractivity contribution is -0.385. The molecule has 0 fully saturated rings. The number of carbonyl (C=O) groups excluding carboxylic acids is 1. The number of ether oxygens (including phenoxy) is 1. The second kappa shape index (κ2) is 6.32. The fourth-order valence-corrected chi connectivity index (χ4v) is 1.87. The molecule has 2 aromatic rings. The van der Waals surface area contributed by atoms with Crippen LogP contribution in [0.2, 0.25) is 5.02 Å². The molecule has 21 heavy (non-hydrogen) atoms. The first kappa shape index (κ1) is 14.9. The van der Waals surface area contributed by atoms with E-state index in [-0.39, 0.29) is 29.2 Å². The Bertz CT molecular complexity index is 705. The first-order chi connectivity index (χ1) is 10.0. The Labute approximate surface area is 124 Å². The molecular weight excluding hydrogens is 301 g/mol. The Morgan fingerprint density at radius 1 is 1.29 bits per heavy atom. The van der Waals surface area contributed by atoms with Gasteiger partial charge in [-0.2, -0.15) is 0 Å². The molecular formula is C14H9ClFNO4. The zero-order valence-corrected chi connectivity index (χ0v) is 11.3. The summed E-state index contributed by atoms with van der Waals surface area (Å²) in [5.41, 5.74) is 0.0820. The molecule has 0 radical (unpaired) electrons. The molecule has 108 valence electrons. The van der Waals surface area contributed by atoms with Crippen molar-refractivity contribution in [2.75, 3.05) is 0 Å². The molecule has 0 saturated heterocycles. The van der Waals surface area contributed by atoms with E-state index in [4.69, 9.17) is 16.3 Å². The van der Waals surface area contributed by atoms with Gasteiger partial charge in [-0.15, -0.1) is 0 Å². The Balaban J connectivity index is 2.28. The van der Waals surface area contributed by atoms with Gasteiger partial charge in [0.15, 0.2) is 5.75 Å². The molecule has 0 aliphatic rings. The van der Waals surface area contributed by atoms with E-state index in [9.17, 15) is 19.3 Å². The van der Waals surface area contributed by atoms with Gasteiger partial charge in [-0.1, -0.05) is 11.6 Å². The van der Waals surface area contributed by atoms with Crippen LogP contribution in [-0.4, -0.2) is 11.2 Å². The maximum atomic E-state index is 13.5. The van der Waals surface area contributed by atoms with Crippen molar-refractivity contribution in [1.29, 1.82) is 0 Å². The third-order valence-electron chi connectivity index (χ3n) is 2.71. The van der Waals surface area contributed by atoms with Crippen molar-refractivity contribution in [1.82, 2.24) is 0 Å². The fraction of sp³-hybridized carbons (Fsp3) is 0.0714. The minimum Gasteiger partial charge on any atom is -0.482 e. The molecule has 0 spiro atoms. The van der Waals surface area contributed by atoms with E-state index in [0.717, 1.165) is 6.07 Å². The van der Waals surface area contributed by atoms with E-state index in [0.29, 0.717) is 11.3 Å². The summed E-state index contributed by atoms with van der Waals surface area (Å²) >= 11 is 5.75. The molecule has 0 saturated carbocycles. The van der Waals surface area contributed by atoms with Gasteiger partial charge in [-0.05, 0) is 30.3 Å². The molecule has 0 bridgehead atoms. The normalized spacial score (nSPS) is 10.2. The molecule has 5 nitrogen and oxygen atoms in total. The van der Waals surface area contributed by atoms with Gasteiger partial charge in [0.05, 0.1) is 4.92 Å². The molecule has 7 heteroatoms. The van der Waals surface area contributed by atoms with Gasteiger partial charge in [-0.25, -0.2) is 4.39 Å². The van der Waals surface area contributed by atoms with E-state index in [1.807, 2.05) is 0 Å². The Morgan fingerprint density at radius 2 is 2.05 bits per heavy atom. The van der Waals surface area contributed by atoms with Crippen molar-refractivity contribution in [2.45, 2.75) is 6.61 Å². The Morgan fingerprint density at radius 3 is 2.71 bits per heavy atom. The lowest BCUT2D eigenvalue weighted by Crippen LogP contribution is -2.02. The van der Waals surface area contributed by atoms with E-state index in [1.165, 1.54) is 30.3 Å². The summed E-state index contributed by atoms with van der Waals surface area (Å²) in [5, 5.41) is 11.2. The van der Waals surface area contributed by atoms with E-state index < -0.39 is 10.7 Å². The molecule has 0 heterocycles. The third-order valence-corrected chi connectivity index (χ3v) is 2.94. The zero-order valence-electron chi connectivity index (χ0n) is 10.6. The van der Waals surface area contributed by atoms with Gasteiger partial charge in [-0.3, -0.25) is 14.9 Å². The second-order valence-electron chi connectivity index (χ2n) is 4.13. The molecule has 0 atom stereocenters. The van der Waals surface area contributed by atoms with Crippen LogP contribution < -0.4 is 4.74 Å². The highest BCUT2D eigenvalue weighted by molar-refractivity contribution is 6.30. The first-order valence-electron chi connectivity index (χ1n) is 5.81. The smallest absolute Gasteiger partial charge is 0.310 e. The SMILES string of the molecule is O=Cc1ccc([N+](=O)[O-])c(OCc2cc(Cl)ccc2F)c1. The molecule has 0 amide bonds. The van der Waals surface area contributed by atoms with Crippen molar-refractivity contribution in [3.05, 3.63) is 68.5 Å². The van der Waals surface area contributed by atoms with Crippen LogP contribution in [0.15, 0.2) is 36.4 Å². The summed E-state index contributed by atoms with van der Waals surface area (Å²) in [4.78, 5) is 21.0. The lowest BCUT2D eigenvalue weighted by Gasteiger charge is -2.08. The molecule has 0 unspecified atom stereocenters. The molecule has 0 aliphatic carbocycles. The van der Waals surface area contributed by atoms with Crippen LogP contribution in [0.3, 0.4) is 0 Å². The average molecular weight is 310 g/mol. The van der Waals surface area contributed by atoms with Crippen molar-refractivity contribution < 1.29 is 18.8 Å². The van der Waals surface area contributed by atoms with E-state index in [2.05, 4.69) is 0 Å². The first-order valence-corrected chi connectivity index (χ1v) is 6.19. The van der Waals surface area contributed by atoms with Gasteiger partial charge in [0, 0.05) is 22.2 Å². The predicted molar refractivity (Wildman–Crippen MR) is 74.2 cm³/mol. The van der Waals surface area contributed by atoms with Crippen molar-refractivity contribution in [2.24, 2.45) is 0 Å². The van der Waals surface area contributed by atoms with Gasteiger partial charge in [0.2, 0.25) is 0 Å². The summed E-state index contributed by atoms with van der Waals surface area (Å²) in [5.74, 6) is -0.641. The Kier molecular flexibility index (Phi) is 4.49. The quantitative estimate of drug-likeness (QED) is 0.479. The highest BCUT2D eigenvalue weighted by Crippen LogP contribution is 2.28. The van der Waals surface area contributed by atoms with E-state index in [1.54, 1.807) is 0 Å². The van der Waals surface area contributed by atoms with Crippen LogP contribution >= 0.6 is 11.6 Å². The number of carbonyl (C=O) groups is 1. The lowest BCUT2D eigenvalue weighted by atomic mass is 10.2. The van der Waals surface area contributed by atoms with Gasteiger partial charge < -0.3 is 4.74 Å². The highest BCUT2D eigenvalue weighted by atomic mass is 35.5. The predicted octanol–water partition coefficient (Wildman–Crippen LogP) is 3.78. The van der Waals surface area contributed by atoms with Crippen molar-refractivity contribution in [3.8, 4) is 5.75 Å². The van der Waals surface area contributed by atoms with Gasteiger partial charge in [0.25, 0.3) is 0 Å². The average Bonchev–Trinajstić information content (AvgIpc) is 2.47. The molecule has 0 aromatic heterocycles. The number of benzene rings is 2. The minimum absolute atomic E-state index is 0.107. The molecule has 0 N–H and O–H groups in total. The van der Waals surface area contributed by atoms with E-state index >= 15 is 0 Å². The van der Waals surface area contributed by atoms with Gasteiger partial charge in [0.1, 0.15) is 18.7 Å². The topological polar surface area (TPSA) is 69.4 Å². The van der Waals surface area contributed by atoms with Crippen LogP contribution in [0.5, 0.6) is 5.75 Å². The molecule has 0 aliphatic heterocycles. The Hall–Kier alpha value is -2.47. The highest BCUT2D eigenvalue weighted by Gasteiger charge is 2.16. The summed E-state index contributed by atoms with van der Waals surface area (Å²) in [7, 11) is 0. The van der Waals surface area contributed by atoms with Crippen LogP contribution in [0, 0.1) is 15.9 Å². The monoisotopic (exact) mass is 309 g/mol.